The van der Waals surface area contributed by atoms with Crippen LogP contribution in [0.2, 0.25) is 0 Å². The van der Waals surface area contributed by atoms with E-state index in [4.69, 9.17) is 5.11 Å². The van der Waals surface area contributed by atoms with Crippen LogP contribution in [0.5, 0.6) is 0 Å². The first kappa shape index (κ1) is 16.4. The standard InChI is InChI=1S/C12H22F3NO/c1-3-5-6-7-9-16(8-4-2)10-11(17)12(13,14)15/h4,11,17H,2-3,5-10H2,1H3. The van der Waals surface area contributed by atoms with Crippen LogP contribution in [0.4, 0.5) is 13.2 Å². The number of rotatable bonds is 9. The molecule has 1 N–H and O–H groups in total. The molecule has 2 nitrogen and oxygen atoms in total. The fourth-order valence-corrected chi connectivity index (χ4v) is 1.55. The van der Waals surface area contributed by atoms with Gasteiger partial charge in [-0.1, -0.05) is 32.3 Å². The summed E-state index contributed by atoms with van der Waals surface area (Å²) in [5.41, 5.74) is 0. The van der Waals surface area contributed by atoms with E-state index in [-0.39, 0.29) is 6.54 Å². The number of aliphatic hydroxyl groups excluding tert-OH is 1. The van der Waals surface area contributed by atoms with E-state index in [1.807, 2.05) is 0 Å². The Labute approximate surface area is 101 Å². The molecule has 0 aromatic rings. The summed E-state index contributed by atoms with van der Waals surface area (Å²) < 4.78 is 36.6. The molecule has 0 saturated carbocycles. The summed E-state index contributed by atoms with van der Waals surface area (Å²) >= 11 is 0. The molecule has 0 spiro atoms. The van der Waals surface area contributed by atoms with E-state index in [2.05, 4.69) is 13.5 Å². The molecule has 0 amide bonds. The first-order valence-electron chi connectivity index (χ1n) is 5.99. The third-order valence-electron chi connectivity index (χ3n) is 2.52. The number of aliphatic hydroxyl groups is 1. The van der Waals surface area contributed by atoms with Gasteiger partial charge in [-0.3, -0.25) is 4.90 Å². The lowest BCUT2D eigenvalue weighted by molar-refractivity contribution is -0.207. The minimum absolute atomic E-state index is 0.373. The number of hydrogen-bond acceptors (Lipinski definition) is 2. The summed E-state index contributed by atoms with van der Waals surface area (Å²) in [5, 5.41) is 8.98. The van der Waals surface area contributed by atoms with E-state index in [9.17, 15) is 13.2 Å². The van der Waals surface area contributed by atoms with Gasteiger partial charge < -0.3 is 5.11 Å². The van der Waals surface area contributed by atoms with Crippen LogP contribution >= 0.6 is 0 Å². The van der Waals surface area contributed by atoms with Crippen molar-refractivity contribution in [3.8, 4) is 0 Å². The molecule has 0 rings (SSSR count). The van der Waals surface area contributed by atoms with Crippen molar-refractivity contribution < 1.29 is 18.3 Å². The third-order valence-corrected chi connectivity index (χ3v) is 2.52. The Balaban J connectivity index is 4.01. The maximum absolute atomic E-state index is 12.2. The molecular formula is C12H22F3NO. The van der Waals surface area contributed by atoms with Gasteiger partial charge in [0.1, 0.15) is 0 Å². The van der Waals surface area contributed by atoms with Gasteiger partial charge in [-0.2, -0.15) is 13.2 Å². The first-order valence-corrected chi connectivity index (χ1v) is 5.99. The lowest BCUT2D eigenvalue weighted by Crippen LogP contribution is -2.41. The van der Waals surface area contributed by atoms with Gasteiger partial charge in [0.15, 0.2) is 6.10 Å². The Morgan fingerprint density at radius 2 is 1.94 bits per heavy atom. The van der Waals surface area contributed by atoms with Crippen molar-refractivity contribution in [3.05, 3.63) is 12.7 Å². The topological polar surface area (TPSA) is 23.5 Å². The summed E-state index contributed by atoms with van der Waals surface area (Å²) in [6.07, 6.45) is -1.21. The Morgan fingerprint density at radius 1 is 1.29 bits per heavy atom. The summed E-state index contributed by atoms with van der Waals surface area (Å²) in [7, 11) is 0. The summed E-state index contributed by atoms with van der Waals surface area (Å²) in [6.45, 7) is 6.16. The molecule has 0 saturated heterocycles. The molecule has 1 unspecified atom stereocenters. The molecule has 0 fully saturated rings. The second-order valence-electron chi connectivity index (χ2n) is 4.17. The van der Waals surface area contributed by atoms with E-state index >= 15 is 0 Å². The van der Waals surface area contributed by atoms with Gasteiger partial charge in [0.05, 0.1) is 0 Å². The number of hydrogen-bond donors (Lipinski definition) is 1. The highest BCUT2D eigenvalue weighted by Crippen LogP contribution is 2.20. The maximum atomic E-state index is 12.2. The molecule has 0 aromatic heterocycles. The Morgan fingerprint density at radius 3 is 2.41 bits per heavy atom. The number of unbranched alkanes of at least 4 members (excludes halogenated alkanes) is 3. The lowest BCUT2D eigenvalue weighted by atomic mass is 10.2. The summed E-state index contributed by atoms with van der Waals surface area (Å²) in [5.74, 6) is 0. The second-order valence-corrected chi connectivity index (χ2v) is 4.17. The molecule has 0 aromatic carbocycles. The molecule has 0 bridgehead atoms. The SMILES string of the molecule is C=CCN(CCCCCC)CC(O)C(F)(F)F. The van der Waals surface area contributed by atoms with Crippen LogP contribution < -0.4 is 0 Å². The molecule has 102 valence electrons. The number of nitrogens with zero attached hydrogens (tertiary/aromatic N) is 1. The van der Waals surface area contributed by atoms with Crippen LogP contribution in [0, 0.1) is 0 Å². The molecule has 0 aliphatic carbocycles. The minimum atomic E-state index is -4.54. The minimum Gasteiger partial charge on any atom is -0.382 e. The molecule has 1 atom stereocenters. The van der Waals surface area contributed by atoms with Crippen LogP contribution in [0.3, 0.4) is 0 Å². The zero-order valence-electron chi connectivity index (χ0n) is 10.3. The quantitative estimate of drug-likeness (QED) is 0.504. The predicted molar refractivity (Wildman–Crippen MR) is 62.8 cm³/mol. The third kappa shape index (κ3) is 8.21. The Hall–Kier alpha value is -0.550. The summed E-state index contributed by atoms with van der Waals surface area (Å²) in [6, 6.07) is 0. The fourth-order valence-electron chi connectivity index (χ4n) is 1.55. The fraction of sp³-hybridized carbons (Fsp3) is 0.833. The predicted octanol–water partition coefficient (Wildman–Crippen LogP) is 2.98. The van der Waals surface area contributed by atoms with Crippen LogP contribution in [0.1, 0.15) is 32.6 Å². The molecule has 5 heteroatoms. The largest absolute Gasteiger partial charge is 0.415 e. The van der Waals surface area contributed by atoms with Crippen molar-refractivity contribution in [2.24, 2.45) is 0 Å². The number of alkyl halides is 3. The zero-order valence-corrected chi connectivity index (χ0v) is 10.3. The van der Waals surface area contributed by atoms with Gasteiger partial charge in [-0.25, -0.2) is 0 Å². The van der Waals surface area contributed by atoms with E-state index in [0.29, 0.717) is 13.1 Å². The molecular weight excluding hydrogens is 231 g/mol. The van der Waals surface area contributed by atoms with Crippen LogP contribution in [0.25, 0.3) is 0 Å². The van der Waals surface area contributed by atoms with Gasteiger partial charge in [0.25, 0.3) is 0 Å². The van der Waals surface area contributed by atoms with Gasteiger partial charge in [-0.05, 0) is 13.0 Å². The van der Waals surface area contributed by atoms with E-state index in [1.165, 1.54) is 0 Å². The molecule has 0 aliphatic rings. The van der Waals surface area contributed by atoms with Gasteiger partial charge in [-0.15, -0.1) is 6.58 Å². The second kappa shape index (κ2) is 8.53. The Bertz CT molecular complexity index is 206. The average Bonchev–Trinajstić information content (AvgIpc) is 2.23. The zero-order chi connectivity index (χ0) is 13.3. The van der Waals surface area contributed by atoms with Gasteiger partial charge in [0.2, 0.25) is 0 Å². The highest BCUT2D eigenvalue weighted by Gasteiger charge is 2.38. The molecule has 0 radical (unpaired) electrons. The first-order chi connectivity index (χ1) is 7.91. The lowest BCUT2D eigenvalue weighted by Gasteiger charge is -2.24. The highest BCUT2D eigenvalue weighted by molar-refractivity contribution is 4.77. The monoisotopic (exact) mass is 253 g/mol. The van der Waals surface area contributed by atoms with Crippen LogP contribution in [-0.2, 0) is 0 Å². The van der Waals surface area contributed by atoms with Crippen molar-refractivity contribution in [2.45, 2.75) is 44.9 Å². The smallest absolute Gasteiger partial charge is 0.382 e. The van der Waals surface area contributed by atoms with Crippen molar-refractivity contribution in [1.29, 1.82) is 0 Å². The maximum Gasteiger partial charge on any atom is 0.415 e. The van der Waals surface area contributed by atoms with E-state index < -0.39 is 12.3 Å². The summed E-state index contributed by atoms with van der Waals surface area (Å²) in [4.78, 5) is 1.58. The molecule has 0 heterocycles. The molecule has 0 aliphatic heterocycles. The van der Waals surface area contributed by atoms with Crippen molar-refractivity contribution >= 4 is 0 Å². The normalized spacial score (nSPS) is 14.0. The van der Waals surface area contributed by atoms with Crippen LogP contribution in [0.15, 0.2) is 12.7 Å². The Kier molecular flexibility index (Phi) is 8.25. The van der Waals surface area contributed by atoms with Gasteiger partial charge >= 0.3 is 6.18 Å². The van der Waals surface area contributed by atoms with Crippen LogP contribution in [-0.4, -0.2) is 41.9 Å². The van der Waals surface area contributed by atoms with Crippen molar-refractivity contribution in [3.63, 3.8) is 0 Å². The van der Waals surface area contributed by atoms with E-state index in [1.54, 1.807) is 11.0 Å². The van der Waals surface area contributed by atoms with Gasteiger partial charge in [0, 0.05) is 13.1 Å². The van der Waals surface area contributed by atoms with Crippen molar-refractivity contribution in [1.82, 2.24) is 4.90 Å². The average molecular weight is 253 g/mol. The van der Waals surface area contributed by atoms with Crippen molar-refractivity contribution in [2.75, 3.05) is 19.6 Å². The van der Waals surface area contributed by atoms with E-state index in [0.717, 1.165) is 25.7 Å². The highest BCUT2D eigenvalue weighted by atomic mass is 19.4. The molecule has 17 heavy (non-hydrogen) atoms. The number of halogens is 3.